The number of aryl methyl sites for hydroxylation is 1. The molecule has 1 N–H and O–H groups in total. The van der Waals surface area contributed by atoms with Gasteiger partial charge in [0.1, 0.15) is 11.5 Å². The third-order valence-electron chi connectivity index (χ3n) is 3.08. The smallest absolute Gasteiger partial charge is 0.133 e. The topological polar surface area (TPSA) is 51.2 Å². The summed E-state index contributed by atoms with van der Waals surface area (Å²) in [6.45, 7) is 2.62. The zero-order valence-electron chi connectivity index (χ0n) is 10.1. The fourth-order valence-corrected chi connectivity index (χ4v) is 2.23. The van der Waals surface area contributed by atoms with E-state index in [1.54, 1.807) is 0 Å². The van der Waals surface area contributed by atoms with E-state index in [1.165, 1.54) is 0 Å². The van der Waals surface area contributed by atoms with Crippen LogP contribution in [0.15, 0.2) is 41.1 Å². The predicted octanol–water partition coefficient (Wildman–Crippen LogP) is 2.48. The van der Waals surface area contributed by atoms with Crippen LogP contribution >= 0.6 is 0 Å². The van der Waals surface area contributed by atoms with Crippen LogP contribution in [0.3, 0.4) is 0 Å². The maximum absolute atomic E-state index is 9.30. The Hall–Kier alpha value is -2.07. The Labute approximate surface area is 104 Å². The van der Waals surface area contributed by atoms with Crippen LogP contribution in [-0.2, 0) is 13.2 Å². The van der Waals surface area contributed by atoms with E-state index in [-0.39, 0.29) is 6.61 Å². The zero-order valence-corrected chi connectivity index (χ0v) is 10.1. The molecule has 2 heterocycles. The summed E-state index contributed by atoms with van der Waals surface area (Å²) < 4.78 is 7.17. The molecule has 0 saturated heterocycles. The lowest BCUT2D eigenvalue weighted by molar-refractivity contribution is 0.283. The largest absolute Gasteiger partial charge is 0.392 e. The molecule has 4 nitrogen and oxygen atoms in total. The number of nitrogens with zero attached hydrogens (tertiary/aromatic N) is 2. The molecule has 0 aliphatic rings. The van der Waals surface area contributed by atoms with Crippen LogP contribution in [0.25, 0.3) is 10.9 Å². The van der Waals surface area contributed by atoms with Crippen molar-refractivity contribution in [1.29, 1.82) is 0 Å². The van der Waals surface area contributed by atoms with Gasteiger partial charge < -0.3 is 14.2 Å². The maximum atomic E-state index is 9.30. The molecule has 92 valence electrons. The lowest BCUT2D eigenvalue weighted by atomic mass is 10.1. The van der Waals surface area contributed by atoms with Crippen LogP contribution < -0.4 is 0 Å². The minimum Gasteiger partial charge on any atom is -0.392 e. The molecular weight excluding hydrogens is 228 g/mol. The molecule has 0 amide bonds. The van der Waals surface area contributed by atoms with E-state index >= 15 is 0 Å². The van der Waals surface area contributed by atoms with Crippen LogP contribution in [0, 0.1) is 6.92 Å². The number of rotatable bonds is 3. The molecule has 0 radical (unpaired) electrons. The minimum absolute atomic E-state index is 0.0599. The van der Waals surface area contributed by atoms with E-state index in [0.29, 0.717) is 6.54 Å². The van der Waals surface area contributed by atoms with Crippen molar-refractivity contribution < 1.29 is 9.63 Å². The summed E-state index contributed by atoms with van der Waals surface area (Å²) in [5.41, 5.74) is 2.95. The molecule has 3 aromatic rings. The van der Waals surface area contributed by atoms with Gasteiger partial charge in [0.05, 0.1) is 13.2 Å². The Morgan fingerprint density at radius 1 is 1.33 bits per heavy atom. The first-order valence-electron chi connectivity index (χ1n) is 5.88. The van der Waals surface area contributed by atoms with E-state index in [4.69, 9.17) is 4.52 Å². The van der Waals surface area contributed by atoms with E-state index in [1.807, 2.05) is 43.5 Å². The zero-order chi connectivity index (χ0) is 12.5. The summed E-state index contributed by atoms with van der Waals surface area (Å²) in [6.07, 6.45) is 2.01. The van der Waals surface area contributed by atoms with Gasteiger partial charge in [0.25, 0.3) is 0 Å². The van der Waals surface area contributed by atoms with Gasteiger partial charge in [0, 0.05) is 23.2 Å². The molecule has 4 heteroatoms. The summed E-state index contributed by atoms with van der Waals surface area (Å²) in [5, 5.41) is 14.4. The number of fused-ring (bicyclic) bond motifs is 1. The quantitative estimate of drug-likeness (QED) is 0.767. The van der Waals surface area contributed by atoms with Crippen LogP contribution in [0.2, 0.25) is 0 Å². The van der Waals surface area contributed by atoms with Crippen molar-refractivity contribution in [3.8, 4) is 0 Å². The first-order valence-corrected chi connectivity index (χ1v) is 5.88. The van der Waals surface area contributed by atoms with Crippen molar-refractivity contribution in [2.75, 3.05) is 0 Å². The summed E-state index contributed by atoms with van der Waals surface area (Å²) in [6, 6.07) is 9.89. The molecule has 0 aliphatic carbocycles. The Morgan fingerprint density at radius 3 is 2.94 bits per heavy atom. The number of aromatic nitrogens is 2. The van der Waals surface area contributed by atoms with Gasteiger partial charge in [-0.15, -0.1) is 0 Å². The highest BCUT2D eigenvalue weighted by Gasteiger charge is 2.07. The standard InChI is InChI=1S/C14H14N2O2/c1-10-7-12(15-18-10)8-16-6-5-13-11(9-17)3-2-4-14(13)16/h2-7,17H,8-9H2,1H3. The predicted molar refractivity (Wildman–Crippen MR) is 68.2 cm³/mol. The second-order valence-electron chi connectivity index (χ2n) is 4.38. The van der Waals surface area contributed by atoms with Gasteiger partial charge in [-0.3, -0.25) is 0 Å². The molecule has 0 saturated carbocycles. The average Bonchev–Trinajstić information content (AvgIpc) is 2.97. The van der Waals surface area contributed by atoms with E-state index in [2.05, 4.69) is 9.72 Å². The van der Waals surface area contributed by atoms with Gasteiger partial charge in [0.15, 0.2) is 0 Å². The molecule has 18 heavy (non-hydrogen) atoms. The first-order chi connectivity index (χ1) is 8.78. The third kappa shape index (κ3) is 1.80. The number of hydrogen-bond donors (Lipinski definition) is 1. The maximum Gasteiger partial charge on any atom is 0.133 e. The Balaban J connectivity index is 2.02. The van der Waals surface area contributed by atoms with Crippen molar-refractivity contribution in [2.45, 2.75) is 20.1 Å². The van der Waals surface area contributed by atoms with Gasteiger partial charge in [-0.2, -0.15) is 0 Å². The van der Waals surface area contributed by atoms with Crippen LogP contribution in [-0.4, -0.2) is 14.8 Å². The highest BCUT2D eigenvalue weighted by molar-refractivity contribution is 5.83. The highest BCUT2D eigenvalue weighted by Crippen LogP contribution is 2.21. The second kappa shape index (κ2) is 4.31. The van der Waals surface area contributed by atoms with E-state index in [0.717, 1.165) is 27.9 Å². The van der Waals surface area contributed by atoms with Gasteiger partial charge in [-0.1, -0.05) is 17.3 Å². The molecule has 0 aliphatic heterocycles. The highest BCUT2D eigenvalue weighted by atomic mass is 16.5. The van der Waals surface area contributed by atoms with Gasteiger partial charge in [-0.05, 0) is 24.6 Å². The van der Waals surface area contributed by atoms with E-state index in [9.17, 15) is 5.11 Å². The van der Waals surface area contributed by atoms with Gasteiger partial charge in [-0.25, -0.2) is 0 Å². The van der Waals surface area contributed by atoms with Crippen molar-refractivity contribution in [1.82, 2.24) is 9.72 Å². The number of aliphatic hydroxyl groups is 1. The van der Waals surface area contributed by atoms with Crippen molar-refractivity contribution in [3.05, 3.63) is 53.5 Å². The molecule has 0 spiro atoms. The minimum atomic E-state index is 0.0599. The molecular formula is C14H14N2O2. The Bertz CT molecular complexity index is 682. The van der Waals surface area contributed by atoms with Crippen molar-refractivity contribution in [3.63, 3.8) is 0 Å². The SMILES string of the molecule is Cc1cc(Cn2ccc3c(CO)cccc32)no1. The average molecular weight is 242 g/mol. The molecule has 2 aromatic heterocycles. The van der Waals surface area contributed by atoms with Crippen LogP contribution in [0.1, 0.15) is 17.0 Å². The summed E-state index contributed by atoms with van der Waals surface area (Å²) in [4.78, 5) is 0. The summed E-state index contributed by atoms with van der Waals surface area (Å²) in [7, 11) is 0. The molecule has 0 unspecified atom stereocenters. The van der Waals surface area contributed by atoms with Crippen molar-refractivity contribution >= 4 is 10.9 Å². The molecule has 0 bridgehead atoms. The fraction of sp³-hybridized carbons (Fsp3) is 0.214. The second-order valence-corrected chi connectivity index (χ2v) is 4.38. The van der Waals surface area contributed by atoms with E-state index < -0.39 is 0 Å². The molecule has 3 rings (SSSR count). The van der Waals surface area contributed by atoms with Crippen LogP contribution in [0.5, 0.6) is 0 Å². The van der Waals surface area contributed by atoms with Gasteiger partial charge in [0.2, 0.25) is 0 Å². The summed E-state index contributed by atoms with van der Waals surface area (Å²) in [5.74, 6) is 0.817. The molecule has 0 fully saturated rings. The molecule has 0 atom stereocenters. The Morgan fingerprint density at radius 2 is 2.22 bits per heavy atom. The monoisotopic (exact) mass is 242 g/mol. The van der Waals surface area contributed by atoms with Crippen LogP contribution in [0.4, 0.5) is 0 Å². The first kappa shape index (κ1) is 11.0. The Kier molecular flexibility index (Phi) is 2.64. The van der Waals surface area contributed by atoms with Crippen molar-refractivity contribution in [2.24, 2.45) is 0 Å². The summed E-state index contributed by atoms with van der Waals surface area (Å²) >= 11 is 0. The number of benzene rings is 1. The van der Waals surface area contributed by atoms with Gasteiger partial charge >= 0.3 is 0 Å². The number of aliphatic hydroxyl groups excluding tert-OH is 1. The molecule has 1 aromatic carbocycles. The number of hydrogen-bond acceptors (Lipinski definition) is 3. The third-order valence-corrected chi connectivity index (χ3v) is 3.08. The normalized spacial score (nSPS) is 11.2. The lowest BCUT2D eigenvalue weighted by Gasteiger charge is -2.04. The lowest BCUT2D eigenvalue weighted by Crippen LogP contribution is -1.98. The fourth-order valence-electron chi connectivity index (χ4n) is 2.23.